The van der Waals surface area contributed by atoms with Crippen LogP contribution in [-0.2, 0) is 6.18 Å². The van der Waals surface area contributed by atoms with Crippen LogP contribution in [0.15, 0.2) is 12.1 Å². The first kappa shape index (κ1) is 18.7. The minimum Gasteiger partial charge on any atom is -0.352 e. The van der Waals surface area contributed by atoms with E-state index in [0.29, 0.717) is 6.54 Å². The standard InChI is InChI=1S/C17H24F3N3O/c1-12-6-10-23(11-7-12)9-3-8-21-16(24)14-4-5-15(17(18,19)20)22-13(14)2/h4-5,12H,3,6-11H2,1-2H3,(H,21,24). The number of rotatable bonds is 5. The van der Waals surface area contributed by atoms with Gasteiger partial charge < -0.3 is 10.2 Å². The molecule has 2 rings (SSSR count). The highest BCUT2D eigenvalue weighted by Gasteiger charge is 2.33. The van der Waals surface area contributed by atoms with Crippen molar-refractivity contribution in [1.82, 2.24) is 15.2 Å². The number of carbonyl (C=O) groups excluding carboxylic acids is 1. The summed E-state index contributed by atoms with van der Waals surface area (Å²) in [5, 5.41) is 2.76. The fraction of sp³-hybridized carbons (Fsp3) is 0.647. The molecule has 7 heteroatoms. The number of likely N-dealkylation sites (tertiary alicyclic amines) is 1. The molecule has 0 radical (unpaired) electrons. The number of aromatic nitrogens is 1. The summed E-state index contributed by atoms with van der Waals surface area (Å²) in [6, 6.07) is 2.03. The van der Waals surface area contributed by atoms with Crippen molar-refractivity contribution in [2.24, 2.45) is 5.92 Å². The van der Waals surface area contributed by atoms with Crippen molar-refractivity contribution >= 4 is 5.91 Å². The Morgan fingerprint density at radius 3 is 2.58 bits per heavy atom. The van der Waals surface area contributed by atoms with Gasteiger partial charge in [0.2, 0.25) is 0 Å². The molecule has 1 aromatic heterocycles. The molecule has 1 aliphatic heterocycles. The maximum absolute atomic E-state index is 12.6. The van der Waals surface area contributed by atoms with E-state index >= 15 is 0 Å². The number of halogens is 3. The normalized spacial score (nSPS) is 17.0. The van der Waals surface area contributed by atoms with Crippen LogP contribution in [0.25, 0.3) is 0 Å². The average Bonchev–Trinajstić information content (AvgIpc) is 2.52. The number of piperidine rings is 1. The third-order valence-corrected chi connectivity index (χ3v) is 4.43. The molecular formula is C17H24F3N3O. The topological polar surface area (TPSA) is 45.2 Å². The Hall–Kier alpha value is -1.63. The molecular weight excluding hydrogens is 319 g/mol. The number of nitrogens with one attached hydrogen (secondary N) is 1. The van der Waals surface area contributed by atoms with Gasteiger partial charge in [0.15, 0.2) is 0 Å². The number of aryl methyl sites for hydroxylation is 1. The largest absolute Gasteiger partial charge is 0.433 e. The van der Waals surface area contributed by atoms with Gasteiger partial charge in [-0.2, -0.15) is 13.2 Å². The second-order valence-corrected chi connectivity index (χ2v) is 6.46. The van der Waals surface area contributed by atoms with Crippen LogP contribution in [0.1, 0.15) is 47.9 Å². The quantitative estimate of drug-likeness (QED) is 0.835. The van der Waals surface area contributed by atoms with Gasteiger partial charge in [0.25, 0.3) is 5.91 Å². The molecule has 0 saturated carbocycles. The number of hydrogen-bond acceptors (Lipinski definition) is 3. The second kappa shape index (κ2) is 7.96. The van der Waals surface area contributed by atoms with Crippen molar-refractivity contribution < 1.29 is 18.0 Å². The third kappa shape index (κ3) is 5.19. The van der Waals surface area contributed by atoms with Crippen LogP contribution in [0.5, 0.6) is 0 Å². The summed E-state index contributed by atoms with van der Waals surface area (Å²) in [6.45, 7) is 7.30. The van der Waals surface area contributed by atoms with E-state index < -0.39 is 11.9 Å². The molecule has 1 aliphatic rings. The lowest BCUT2D eigenvalue weighted by Crippen LogP contribution is -2.35. The molecule has 24 heavy (non-hydrogen) atoms. The predicted octanol–water partition coefficient (Wildman–Crippen LogP) is 3.26. The van der Waals surface area contributed by atoms with Gasteiger partial charge in [0.1, 0.15) is 5.69 Å². The fourth-order valence-corrected chi connectivity index (χ4v) is 2.84. The van der Waals surface area contributed by atoms with Crippen molar-refractivity contribution in [2.75, 3.05) is 26.2 Å². The number of nitrogens with zero attached hydrogens (tertiary/aromatic N) is 2. The minimum atomic E-state index is -4.49. The van der Waals surface area contributed by atoms with Crippen molar-refractivity contribution in [3.05, 3.63) is 29.1 Å². The van der Waals surface area contributed by atoms with Crippen LogP contribution in [0.3, 0.4) is 0 Å². The molecule has 0 atom stereocenters. The molecule has 1 saturated heterocycles. The van der Waals surface area contributed by atoms with Crippen LogP contribution in [0.2, 0.25) is 0 Å². The van der Waals surface area contributed by atoms with Crippen molar-refractivity contribution in [1.29, 1.82) is 0 Å². The molecule has 0 aromatic carbocycles. The van der Waals surface area contributed by atoms with E-state index in [-0.39, 0.29) is 17.2 Å². The number of carbonyl (C=O) groups is 1. The van der Waals surface area contributed by atoms with Gasteiger partial charge in [-0.1, -0.05) is 6.92 Å². The lowest BCUT2D eigenvalue weighted by atomic mass is 9.99. The molecule has 2 heterocycles. The third-order valence-electron chi connectivity index (χ3n) is 4.43. The molecule has 1 aromatic rings. The predicted molar refractivity (Wildman–Crippen MR) is 85.8 cm³/mol. The van der Waals surface area contributed by atoms with Crippen molar-refractivity contribution in [3.63, 3.8) is 0 Å². The SMILES string of the molecule is Cc1nc(C(F)(F)F)ccc1C(=O)NCCCN1CCC(C)CC1. The summed E-state index contributed by atoms with van der Waals surface area (Å²) in [5.74, 6) is 0.414. The number of amides is 1. The zero-order chi connectivity index (χ0) is 17.7. The van der Waals surface area contributed by atoms with E-state index in [1.807, 2.05) is 0 Å². The molecule has 1 N–H and O–H groups in total. The molecule has 0 unspecified atom stereocenters. The van der Waals surface area contributed by atoms with Gasteiger partial charge in [0.05, 0.1) is 11.3 Å². The Bertz CT molecular complexity index is 567. The molecule has 1 fully saturated rings. The van der Waals surface area contributed by atoms with Gasteiger partial charge in [-0.05, 0) is 63.9 Å². The van der Waals surface area contributed by atoms with E-state index in [1.54, 1.807) is 0 Å². The van der Waals surface area contributed by atoms with Crippen LogP contribution in [0, 0.1) is 12.8 Å². The van der Waals surface area contributed by atoms with Crippen LogP contribution < -0.4 is 5.32 Å². The van der Waals surface area contributed by atoms with Gasteiger partial charge in [0, 0.05) is 6.54 Å². The Balaban J connectivity index is 1.78. The highest BCUT2D eigenvalue weighted by molar-refractivity contribution is 5.95. The smallest absolute Gasteiger partial charge is 0.352 e. The fourth-order valence-electron chi connectivity index (χ4n) is 2.84. The summed E-state index contributed by atoms with van der Waals surface area (Å²) in [5.41, 5.74) is -0.696. The Labute approximate surface area is 140 Å². The summed E-state index contributed by atoms with van der Waals surface area (Å²) >= 11 is 0. The first-order valence-electron chi connectivity index (χ1n) is 8.33. The lowest BCUT2D eigenvalue weighted by molar-refractivity contribution is -0.141. The Kier molecular flexibility index (Phi) is 6.21. The number of alkyl halides is 3. The Morgan fingerprint density at radius 2 is 2.00 bits per heavy atom. The van der Waals surface area contributed by atoms with Gasteiger partial charge in [-0.15, -0.1) is 0 Å². The first-order valence-corrected chi connectivity index (χ1v) is 8.33. The average molecular weight is 343 g/mol. The lowest BCUT2D eigenvalue weighted by Gasteiger charge is -2.30. The monoisotopic (exact) mass is 343 g/mol. The highest BCUT2D eigenvalue weighted by atomic mass is 19.4. The minimum absolute atomic E-state index is 0.0901. The van der Waals surface area contributed by atoms with Gasteiger partial charge >= 0.3 is 6.18 Å². The highest BCUT2D eigenvalue weighted by Crippen LogP contribution is 2.28. The summed E-state index contributed by atoms with van der Waals surface area (Å²) in [6.07, 6.45) is -1.25. The maximum Gasteiger partial charge on any atom is 0.433 e. The second-order valence-electron chi connectivity index (χ2n) is 6.46. The molecule has 134 valence electrons. The molecule has 0 spiro atoms. The van der Waals surface area contributed by atoms with Gasteiger partial charge in [-0.25, -0.2) is 4.98 Å². The maximum atomic E-state index is 12.6. The zero-order valence-electron chi connectivity index (χ0n) is 14.1. The molecule has 0 aliphatic carbocycles. The molecule has 4 nitrogen and oxygen atoms in total. The van der Waals surface area contributed by atoms with E-state index in [9.17, 15) is 18.0 Å². The summed E-state index contributed by atoms with van der Waals surface area (Å²) in [4.78, 5) is 17.9. The van der Waals surface area contributed by atoms with Crippen molar-refractivity contribution in [3.8, 4) is 0 Å². The first-order chi connectivity index (χ1) is 11.3. The number of hydrogen-bond donors (Lipinski definition) is 1. The summed E-state index contributed by atoms with van der Waals surface area (Å²) in [7, 11) is 0. The van der Waals surface area contributed by atoms with E-state index in [1.165, 1.54) is 25.8 Å². The van der Waals surface area contributed by atoms with Crippen molar-refractivity contribution in [2.45, 2.75) is 39.3 Å². The van der Waals surface area contributed by atoms with Crippen LogP contribution in [0.4, 0.5) is 13.2 Å². The molecule has 0 bridgehead atoms. The van der Waals surface area contributed by atoms with E-state index in [2.05, 4.69) is 22.1 Å². The van der Waals surface area contributed by atoms with E-state index in [4.69, 9.17) is 0 Å². The van der Waals surface area contributed by atoms with Crippen LogP contribution in [-0.4, -0.2) is 42.0 Å². The molecule has 1 amide bonds. The number of pyridine rings is 1. The Morgan fingerprint density at radius 1 is 1.33 bits per heavy atom. The van der Waals surface area contributed by atoms with Crippen LogP contribution >= 0.6 is 0 Å². The zero-order valence-corrected chi connectivity index (χ0v) is 14.1. The van der Waals surface area contributed by atoms with Gasteiger partial charge in [-0.3, -0.25) is 4.79 Å². The summed E-state index contributed by atoms with van der Waals surface area (Å²) < 4.78 is 37.7. The van der Waals surface area contributed by atoms with E-state index in [0.717, 1.165) is 38.0 Å².